The molecule has 0 fully saturated rings. The molecule has 0 radical (unpaired) electrons. The van der Waals surface area contributed by atoms with Crippen LogP contribution in [-0.2, 0) is 13.0 Å². The molecule has 4 rings (SSSR count). The lowest BCUT2D eigenvalue weighted by atomic mass is 9.99. The number of fused-ring (bicyclic) bond motifs is 2. The van der Waals surface area contributed by atoms with E-state index in [2.05, 4.69) is 60.4 Å². The summed E-state index contributed by atoms with van der Waals surface area (Å²) in [5.74, 6) is 0. The highest BCUT2D eigenvalue weighted by Gasteiger charge is 2.18. The van der Waals surface area contributed by atoms with Crippen LogP contribution in [0.25, 0.3) is 10.9 Å². The predicted molar refractivity (Wildman–Crippen MR) is 87.7 cm³/mol. The third-order valence-electron chi connectivity index (χ3n) is 4.36. The van der Waals surface area contributed by atoms with Crippen LogP contribution in [0.5, 0.6) is 0 Å². The van der Waals surface area contributed by atoms with E-state index in [4.69, 9.17) is 4.98 Å². The van der Waals surface area contributed by atoms with Crippen LogP contribution in [0, 0.1) is 6.92 Å². The molecule has 0 aliphatic carbocycles. The number of para-hydroxylation sites is 1. The molecule has 1 aromatic heterocycles. The molecule has 0 spiro atoms. The fourth-order valence-electron chi connectivity index (χ4n) is 3.22. The normalized spacial score (nSPS) is 14.2. The van der Waals surface area contributed by atoms with Gasteiger partial charge in [0.15, 0.2) is 0 Å². The Morgan fingerprint density at radius 3 is 2.62 bits per heavy atom. The maximum Gasteiger partial charge on any atom is 0.0706 e. The number of nitrogens with zero attached hydrogens (tertiary/aromatic N) is 2. The molecule has 0 saturated heterocycles. The Kier molecular flexibility index (Phi) is 2.88. The fourth-order valence-corrected chi connectivity index (χ4v) is 3.22. The first-order chi connectivity index (χ1) is 10.3. The second-order valence-electron chi connectivity index (χ2n) is 5.73. The molecule has 0 bridgehead atoms. The number of anilines is 1. The van der Waals surface area contributed by atoms with E-state index in [1.54, 1.807) is 0 Å². The fraction of sp³-hybridized carbons (Fsp3) is 0.211. The molecule has 0 atom stereocenters. The Morgan fingerprint density at radius 2 is 1.71 bits per heavy atom. The van der Waals surface area contributed by atoms with Crippen molar-refractivity contribution in [3.8, 4) is 0 Å². The van der Waals surface area contributed by atoms with Crippen molar-refractivity contribution in [2.45, 2.75) is 19.9 Å². The van der Waals surface area contributed by atoms with Gasteiger partial charge < -0.3 is 4.90 Å². The lowest BCUT2D eigenvalue weighted by molar-refractivity contribution is 0.728. The molecule has 0 amide bonds. The summed E-state index contributed by atoms with van der Waals surface area (Å²) in [5, 5.41) is 1.22. The smallest absolute Gasteiger partial charge is 0.0706 e. The number of aryl methyl sites for hydroxylation is 1. The average molecular weight is 274 g/mol. The van der Waals surface area contributed by atoms with Gasteiger partial charge in [-0.05, 0) is 36.6 Å². The van der Waals surface area contributed by atoms with Gasteiger partial charge in [-0.3, -0.25) is 4.98 Å². The molecule has 3 aromatic rings. The molecule has 0 unspecified atom stereocenters. The van der Waals surface area contributed by atoms with Crippen molar-refractivity contribution in [3.05, 3.63) is 71.4 Å². The lowest BCUT2D eigenvalue weighted by Crippen LogP contribution is -2.31. The van der Waals surface area contributed by atoms with Crippen LogP contribution in [0.4, 0.5) is 5.69 Å². The maximum absolute atomic E-state index is 4.77. The van der Waals surface area contributed by atoms with Crippen LogP contribution in [0.1, 0.15) is 16.8 Å². The number of rotatable bonds is 1. The molecule has 2 nitrogen and oxygen atoms in total. The van der Waals surface area contributed by atoms with Crippen molar-refractivity contribution in [2.24, 2.45) is 0 Å². The van der Waals surface area contributed by atoms with Crippen LogP contribution in [0.3, 0.4) is 0 Å². The summed E-state index contributed by atoms with van der Waals surface area (Å²) in [4.78, 5) is 7.22. The Morgan fingerprint density at radius 1 is 0.952 bits per heavy atom. The summed E-state index contributed by atoms with van der Waals surface area (Å²) < 4.78 is 0. The van der Waals surface area contributed by atoms with E-state index in [-0.39, 0.29) is 0 Å². The van der Waals surface area contributed by atoms with Crippen molar-refractivity contribution in [1.82, 2.24) is 4.98 Å². The van der Waals surface area contributed by atoms with Gasteiger partial charge in [0.1, 0.15) is 0 Å². The highest BCUT2D eigenvalue weighted by atomic mass is 15.1. The van der Waals surface area contributed by atoms with E-state index in [0.717, 1.165) is 30.7 Å². The minimum Gasteiger partial charge on any atom is -0.365 e. The lowest BCUT2D eigenvalue weighted by Gasteiger charge is -2.31. The van der Waals surface area contributed by atoms with Crippen LogP contribution in [0.2, 0.25) is 0 Å². The molecule has 2 heteroatoms. The largest absolute Gasteiger partial charge is 0.365 e. The second kappa shape index (κ2) is 4.88. The summed E-state index contributed by atoms with van der Waals surface area (Å²) in [6.07, 6.45) is 1.11. The number of hydrogen-bond acceptors (Lipinski definition) is 2. The van der Waals surface area contributed by atoms with Gasteiger partial charge in [0, 0.05) is 18.5 Å². The Hall–Kier alpha value is -2.35. The zero-order chi connectivity index (χ0) is 14.2. The number of aromatic nitrogens is 1. The molecular weight excluding hydrogens is 256 g/mol. The molecule has 0 N–H and O–H groups in total. The van der Waals surface area contributed by atoms with E-state index in [1.807, 2.05) is 6.07 Å². The highest BCUT2D eigenvalue weighted by molar-refractivity contribution is 5.83. The molecule has 0 saturated carbocycles. The van der Waals surface area contributed by atoms with E-state index < -0.39 is 0 Å². The first-order valence-electron chi connectivity index (χ1n) is 7.49. The van der Waals surface area contributed by atoms with Gasteiger partial charge in [0.05, 0.1) is 16.9 Å². The van der Waals surface area contributed by atoms with Crippen molar-refractivity contribution < 1.29 is 0 Å². The van der Waals surface area contributed by atoms with E-state index >= 15 is 0 Å². The summed E-state index contributed by atoms with van der Waals surface area (Å²) in [5.41, 5.74) is 6.39. The summed E-state index contributed by atoms with van der Waals surface area (Å²) in [7, 11) is 0. The quantitative estimate of drug-likeness (QED) is 0.664. The van der Waals surface area contributed by atoms with E-state index in [0.29, 0.717) is 0 Å². The minimum absolute atomic E-state index is 0.983. The third-order valence-corrected chi connectivity index (χ3v) is 4.36. The van der Waals surface area contributed by atoms with E-state index in [9.17, 15) is 0 Å². The first kappa shape index (κ1) is 12.4. The van der Waals surface area contributed by atoms with Crippen molar-refractivity contribution in [2.75, 3.05) is 11.4 Å². The van der Waals surface area contributed by atoms with E-state index in [1.165, 1.54) is 22.2 Å². The monoisotopic (exact) mass is 274 g/mol. The maximum atomic E-state index is 4.77. The molecule has 2 heterocycles. The first-order valence-corrected chi connectivity index (χ1v) is 7.49. The second-order valence-corrected chi connectivity index (χ2v) is 5.73. The molecular formula is C19H18N2. The number of hydrogen-bond donors (Lipinski definition) is 0. The van der Waals surface area contributed by atoms with Gasteiger partial charge in [-0.15, -0.1) is 0 Å². The Bertz CT molecular complexity index is 808. The number of pyridine rings is 1. The SMILES string of the molecule is Cc1nc2ccccc2cc1N1CCc2ccccc2C1. The zero-order valence-electron chi connectivity index (χ0n) is 12.2. The van der Waals surface area contributed by atoms with Crippen molar-refractivity contribution in [1.29, 1.82) is 0 Å². The summed E-state index contributed by atoms with van der Waals surface area (Å²) in [6, 6.07) is 19.4. The summed E-state index contributed by atoms with van der Waals surface area (Å²) >= 11 is 0. The molecule has 21 heavy (non-hydrogen) atoms. The highest BCUT2D eigenvalue weighted by Crippen LogP contribution is 2.28. The third kappa shape index (κ3) is 2.17. The molecule has 2 aromatic carbocycles. The van der Waals surface area contributed by atoms with Crippen LogP contribution in [0.15, 0.2) is 54.6 Å². The van der Waals surface area contributed by atoms with Crippen molar-refractivity contribution in [3.63, 3.8) is 0 Å². The van der Waals surface area contributed by atoms with Crippen LogP contribution in [-0.4, -0.2) is 11.5 Å². The minimum atomic E-state index is 0.983. The Balaban J connectivity index is 1.76. The summed E-state index contributed by atoms with van der Waals surface area (Å²) in [6.45, 7) is 4.16. The van der Waals surface area contributed by atoms with Gasteiger partial charge in [0.25, 0.3) is 0 Å². The topological polar surface area (TPSA) is 16.1 Å². The molecule has 1 aliphatic heterocycles. The molecule has 104 valence electrons. The van der Waals surface area contributed by atoms with Crippen LogP contribution >= 0.6 is 0 Å². The Labute approximate surface area is 125 Å². The van der Waals surface area contributed by atoms with Gasteiger partial charge in [-0.1, -0.05) is 42.5 Å². The van der Waals surface area contributed by atoms with Crippen LogP contribution < -0.4 is 4.90 Å². The average Bonchev–Trinajstić information content (AvgIpc) is 2.54. The number of benzene rings is 2. The van der Waals surface area contributed by atoms with Gasteiger partial charge in [0.2, 0.25) is 0 Å². The van der Waals surface area contributed by atoms with Crippen molar-refractivity contribution >= 4 is 16.6 Å². The predicted octanol–water partition coefficient (Wildman–Crippen LogP) is 4.11. The van der Waals surface area contributed by atoms with Gasteiger partial charge in [-0.2, -0.15) is 0 Å². The zero-order valence-corrected chi connectivity index (χ0v) is 12.2. The van der Waals surface area contributed by atoms with Gasteiger partial charge in [-0.25, -0.2) is 0 Å². The van der Waals surface area contributed by atoms with Gasteiger partial charge >= 0.3 is 0 Å². The standard InChI is InChI=1S/C19H18N2/c1-14-19(12-16-7-4-5-9-18(16)20-14)21-11-10-15-6-2-3-8-17(15)13-21/h2-9,12H,10-11,13H2,1H3. The molecule has 1 aliphatic rings.